The maximum Gasteiger partial charge on any atom is 0.258 e. The van der Waals surface area contributed by atoms with Crippen LogP contribution in [-0.4, -0.2) is 40.7 Å². The highest BCUT2D eigenvalue weighted by Gasteiger charge is 2.05. The Morgan fingerprint density at radius 3 is 2.45 bits per heavy atom. The van der Waals surface area contributed by atoms with Gasteiger partial charge in [0.25, 0.3) is 5.56 Å². The number of pyridine rings is 2. The summed E-state index contributed by atoms with van der Waals surface area (Å²) in [6.45, 7) is 8.25. The van der Waals surface area contributed by atoms with Crippen LogP contribution in [0.25, 0.3) is 5.69 Å². The number of hydrogen-bond acceptors (Lipinski definition) is 5. The lowest BCUT2D eigenvalue weighted by Crippen LogP contribution is -2.29. The van der Waals surface area contributed by atoms with Gasteiger partial charge in [0.15, 0.2) is 0 Å². The Hall–Kier alpha value is -2.83. The number of hydrogen-bond donors (Lipinski definition) is 0. The molecule has 1 aromatic carbocycles. The SMILES string of the molecule is CCCN(CC)CCOc1ccc(-n2ccc(OCc3ccc(Cl)cn3)cc2=O)cc1. The minimum atomic E-state index is -0.173. The van der Waals surface area contributed by atoms with Crippen molar-refractivity contribution in [3.8, 4) is 17.2 Å². The molecule has 0 radical (unpaired) electrons. The third-order valence-corrected chi connectivity index (χ3v) is 5.07. The predicted octanol–water partition coefficient (Wildman–Crippen LogP) is 4.58. The molecular weight excluding hydrogens is 414 g/mol. The van der Waals surface area contributed by atoms with E-state index in [1.165, 1.54) is 6.07 Å². The second-order valence-electron chi connectivity index (χ2n) is 7.10. The van der Waals surface area contributed by atoms with Crippen LogP contribution in [0, 0.1) is 0 Å². The van der Waals surface area contributed by atoms with Crippen LogP contribution in [0.15, 0.2) is 65.7 Å². The predicted molar refractivity (Wildman–Crippen MR) is 124 cm³/mol. The molecule has 0 aliphatic rings. The molecule has 0 aliphatic carbocycles. The van der Waals surface area contributed by atoms with Gasteiger partial charge in [-0.1, -0.05) is 25.4 Å². The minimum Gasteiger partial charge on any atom is -0.492 e. The van der Waals surface area contributed by atoms with E-state index >= 15 is 0 Å². The van der Waals surface area contributed by atoms with Crippen molar-refractivity contribution < 1.29 is 9.47 Å². The number of aromatic nitrogens is 2. The van der Waals surface area contributed by atoms with Gasteiger partial charge in [0.05, 0.1) is 10.7 Å². The molecule has 0 aliphatic heterocycles. The van der Waals surface area contributed by atoms with Gasteiger partial charge in [0, 0.05) is 30.7 Å². The molecule has 0 fully saturated rings. The molecule has 0 bridgehead atoms. The van der Waals surface area contributed by atoms with E-state index in [1.807, 2.05) is 24.3 Å². The highest BCUT2D eigenvalue weighted by atomic mass is 35.5. The molecular formula is C24H28ClN3O3. The van der Waals surface area contributed by atoms with Crippen LogP contribution in [0.1, 0.15) is 26.0 Å². The Kier molecular flexibility index (Phi) is 8.50. The van der Waals surface area contributed by atoms with Crippen molar-refractivity contribution in [1.82, 2.24) is 14.5 Å². The van der Waals surface area contributed by atoms with Crippen LogP contribution in [0.4, 0.5) is 0 Å². The summed E-state index contributed by atoms with van der Waals surface area (Å²) in [6, 6.07) is 14.3. The molecule has 3 aromatic rings. The molecule has 0 saturated heterocycles. The molecule has 2 aromatic heterocycles. The van der Waals surface area contributed by atoms with Crippen LogP contribution in [0.3, 0.4) is 0 Å². The Balaban J connectivity index is 1.57. The topological polar surface area (TPSA) is 56.6 Å². The van der Waals surface area contributed by atoms with Crippen molar-refractivity contribution in [3.63, 3.8) is 0 Å². The number of ether oxygens (including phenoxy) is 2. The van der Waals surface area contributed by atoms with Gasteiger partial charge in [-0.05, 0) is 62.0 Å². The summed E-state index contributed by atoms with van der Waals surface area (Å²) in [4.78, 5) is 19.1. The van der Waals surface area contributed by atoms with Crippen molar-refractivity contribution in [2.45, 2.75) is 26.9 Å². The van der Waals surface area contributed by atoms with Crippen LogP contribution < -0.4 is 15.0 Å². The van der Waals surface area contributed by atoms with Gasteiger partial charge in [-0.25, -0.2) is 0 Å². The van der Waals surface area contributed by atoms with Crippen LogP contribution in [0.5, 0.6) is 11.5 Å². The fourth-order valence-corrected chi connectivity index (χ4v) is 3.26. The zero-order chi connectivity index (χ0) is 22.1. The summed E-state index contributed by atoms with van der Waals surface area (Å²) in [6.07, 6.45) is 4.41. The highest BCUT2D eigenvalue weighted by molar-refractivity contribution is 6.30. The fraction of sp³-hybridized carbons (Fsp3) is 0.333. The van der Waals surface area contributed by atoms with E-state index in [9.17, 15) is 4.79 Å². The Bertz CT molecular complexity index is 1000. The first kappa shape index (κ1) is 22.8. The average Bonchev–Trinajstić information content (AvgIpc) is 2.79. The zero-order valence-electron chi connectivity index (χ0n) is 18.0. The third kappa shape index (κ3) is 6.84. The lowest BCUT2D eigenvalue weighted by atomic mass is 10.3. The molecule has 6 nitrogen and oxygen atoms in total. The van der Waals surface area contributed by atoms with Crippen molar-refractivity contribution in [3.05, 3.63) is 82.0 Å². The molecule has 0 spiro atoms. The number of likely N-dealkylation sites (N-methyl/N-ethyl adjacent to an activating group) is 1. The maximum atomic E-state index is 12.5. The smallest absolute Gasteiger partial charge is 0.258 e. The van der Waals surface area contributed by atoms with Gasteiger partial charge in [-0.15, -0.1) is 0 Å². The van der Waals surface area contributed by atoms with Gasteiger partial charge < -0.3 is 14.4 Å². The third-order valence-electron chi connectivity index (χ3n) is 4.84. The van der Waals surface area contributed by atoms with Crippen LogP contribution in [0.2, 0.25) is 5.02 Å². The summed E-state index contributed by atoms with van der Waals surface area (Å²) in [5, 5.41) is 0.571. The standard InChI is InChI=1S/C24H28ClN3O3/c1-3-12-27(4-2)14-15-30-22-9-7-21(8-10-22)28-13-11-23(16-24(28)29)31-18-20-6-5-19(25)17-26-20/h5-11,13,16-17H,3-4,12,14-15,18H2,1-2H3. The molecule has 2 heterocycles. The first-order chi connectivity index (χ1) is 15.1. The van der Waals surface area contributed by atoms with E-state index in [2.05, 4.69) is 23.7 Å². The minimum absolute atomic E-state index is 0.173. The van der Waals surface area contributed by atoms with E-state index in [1.54, 1.807) is 35.2 Å². The maximum absolute atomic E-state index is 12.5. The molecule has 0 amide bonds. The molecule has 0 N–H and O–H groups in total. The number of halogens is 1. The zero-order valence-corrected chi connectivity index (χ0v) is 18.7. The lowest BCUT2D eigenvalue weighted by Gasteiger charge is -2.19. The van der Waals surface area contributed by atoms with Crippen molar-refractivity contribution in [1.29, 1.82) is 0 Å². The summed E-state index contributed by atoms with van der Waals surface area (Å²) in [5.41, 5.74) is 1.33. The number of benzene rings is 1. The summed E-state index contributed by atoms with van der Waals surface area (Å²) in [5.74, 6) is 1.28. The van der Waals surface area contributed by atoms with Gasteiger partial charge in [0.2, 0.25) is 0 Å². The first-order valence-electron chi connectivity index (χ1n) is 10.5. The van der Waals surface area contributed by atoms with E-state index in [0.29, 0.717) is 17.4 Å². The van der Waals surface area contributed by atoms with E-state index in [-0.39, 0.29) is 12.2 Å². The summed E-state index contributed by atoms with van der Waals surface area (Å²) in [7, 11) is 0. The second-order valence-corrected chi connectivity index (χ2v) is 7.54. The monoisotopic (exact) mass is 441 g/mol. The first-order valence-corrected chi connectivity index (χ1v) is 10.9. The Labute approximate surface area is 188 Å². The summed E-state index contributed by atoms with van der Waals surface area (Å²) >= 11 is 5.83. The Morgan fingerprint density at radius 1 is 1.00 bits per heavy atom. The fourth-order valence-electron chi connectivity index (χ4n) is 3.15. The van der Waals surface area contributed by atoms with Crippen molar-refractivity contribution in [2.75, 3.05) is 26.2 Å². The van der Waals surface area contributed by atoms with Crippen LogP contribution >= 0.6 is 11.6 Å². The quantitative estimate of drug-likeness (QED) is 0.436. The molecule has 0 atom stereocenters. The molecule has 0 saturated carbocycles. The number of rotatable bonds is 11. The lowest BCUT2D eigenvalue weighted by molar-refractivity contribution is 0.216. The van der Waals surface area contributed by atoms with Crippen LogP contribution in [-0.2, 0) is 6.61 Å². The highest BCUT2D eigenvalue weighted by Crippen LogP contribution is 2.16. The van der Waals surface area contributed by atoms with Gasteiger partial charge in [-0.3, -0.25) is 14.3 Å². The molecule has 3 rings (SSSR count). The molecule has 164 valence electrons. The second kappa shape index (κ2) is 11.5. The number of nitrogens with zero attached hydrogens (tertiary/aromatic N) is 3. The molecule has 0 unspecified atom stereocenters. The Morgan fingerprint density at radius 2 is 1.81 bits per heavy atom. The van der Waals surface area contributed by atoms with E-state index < -0.39 is 0 Å². The van der Waals surface area contributed by atoms with Crippen molar-refractivity contribution in [2.24, 2.45) is 0 Å². The van der Waals surface area contributed by atoms with E-state index in [0.717, 1.165) is 43.2 Å². The molecule has 7 heteroatoms. The van der Waals surface area contributed by atoms with E-state index in [4.69, 9.17) is 21.1 Å². The normalized spacial score (nSPS) is 11.0. The van der Waals surface area contributed by atoms with Gasteiger partial charge in [-0.2, -0.15) is 0 Å². The molecule has 31 heavy (non-hydrogen) atoms. The average molecular weight is 442 g/mol. The van der Waals surface area contributed by atoms with Gasteiger partial charge >= 0.3 is 0 Å². The van der Waals surface area contributed by atoms with Gasteiger partial charge in [0.1, 0.15) is 24.7 Å². The van der Waals surface area contributed by atoms with Crippen molar-refractivity contribution >= 4 is 11.6 Å². The largest absolute Gasteiger partial charge is 0.492 e. The summed E-state index contributed by atoms with van der Waals surface area (Å²) < 4.78 is 13.1.